The van der Waals surface area contributed by atoms with Gasteiger partial charge in [-0.1, -0.05) is 37.5 Å². The van der Waals surface area contributed by atoms with Gasteiger partial charge in [0.15, 0.2) is 0 Å². The van der Waals surface area contributed by atoms with Crippen molar-refractivity contribution in [2.75, 3.05) is 11.4 Å². The lowest BCUT2D eigenvalue weighted by Crippen LogP contribution is -2.46. The summed E-state index contributed by atoms with van der Waals surface area (Å²) in [5.41, 5.74) is 0.822. The second kappa shape index (κ2) is 6.95. The quantitative estimate of drug-likeness (QED) is 0.929. The summed E-state index contributed by atoms with van der Waals surface area (Å²) >= 11 is 0. The van der Waals surface area contributed by atoms with E-state index in [1.54, 1.807) is 4.90 Å². The maximum absolute atomic E-state index is 12.5. The third-order valence-corrected chi connectivity index (χ3v) is 4.84. The smallest absolute Gasteiger partial charge is 0.243 e. The summed E-state index contributed by atoms with van der Waals surface area (Å²) < 4.78 is 0. The minimum Gasteiger partial charge on any atom is -0.354 e. The summed E-state index contributed by atoms with van der Waals surface area (Å²) in [5.74, 6) is 0.657. The standard InChI is InChI=1S/C18H24N2O2/c21-17-12-11-16(20(17)15-9-5-2-6-10-15)18(22)19-13-14-7-3-1-4-8-14/h2,5-6,9-10,14,16H,1,3-4,7-8,11-13H2,(H,19,22)/t16-/m0/s1. The highest BCUT2D eigenvalue weighted by Gasteiger charge is 2.37. The number of carbonyl (C=O) groups is 2. The predicted molar refractivity (Wildman–Crippen MR) is 86.5 cm³/mol. The van der Waals surface area contributed by atoms with E-state index in [4.69, 9.17) is 0 Å². The first-order chi connectivity index (χ1) is 10.8. The van der Waals surface area contributed by atoms with Crippen LogP contribution in [-0.4, -0.2) is 24.4 Å². The van der Waals surface area contributed by atoms with Crippen molar-refractivity contribution in [1.82, 2.24) is 5.32 Å². The monoisotopic (exact) mass is 300 g/mol. The Morgan fingerprint density at radius 2 is 1.82 bits per heavy atom. The molecule has 0 aromatic heterocycles. The molecule has 0 bridgehead atoms. The number of nitrogens with zero attached hydrogens (tertiary/aromatic N) is 1. The van der Waals surface area contributed by atoms with Crippen LogP contribution in [0.3, 0.4) is 0 Å². The molecule has 1 saturated heterocycles. The van der Waals surface area contributed by atoms with Crippen LogP contribution in [0, 0.1) is 5.92 Å². The maximum atomic E-state index is 12.5. The highest BCUT2D eigenvalue weighted by Crippen LogP contribution is 2.27. The summed E-state index contributed by atoms with van der Waals surface area (Å²) in [7, 11) is 0. The molecule has 2 fully saturated rings. The molecule has 1 aliphatic heterocycles. The van der Waals surface area contributed by atoms with Crippen LogP contribution >= 0.6 is 0 Å². The van der Waals surface area contributed by atoms with E-state index in [2.05, 4.69) is 5.32 Å². The molecule has 1 saturated carbocycles. The van der Waals surface area contributed by atoms with Crippen molar-refractivity contribution in [2.24, 2.45) is 5.92 Å². The Morgan fingerprint density at radius 3 is 2.55 bits per heavy atom. The van der Waals surface area contributed by atoms with E-state index >= 15 is 0 Å². The van der Waals surface area contributed by atoms with Crippen molar-refractivity contribution in [1.29, 1.82) is 0 Å². The highest BCUT2D eigenvalue weighted by molar-refractivity contribution is 6.03. The molecule has 4 heteroatoms. The molecule has 2 aliphatic rings. The zero-order chi connectivity index (χ0) is 15.4. The van der Waals surface area contributed by atoms with Crippen molar-refractivity contribution in [3.8, 4) is 0 Å². The van der Waals surface area contributed by atoms with Crippen LogP contribution in [0.25, 0.3) is 0 Å². The minimum absolute atomic E-state index is 0.000256. The molecular weight excluding hydrogens is 276 g/mol. The Morgan fingerprint density at radius 1 is 1.09 bits per heavy atom. The molecule has 1 aromatic rings. The van der Waals surface area contributed by atoms with Crippen LogP contribution in [-0.2, 0) is 9.59 Å². The lowest BCUT2D eigenvalue weighted by molar-refractivity contribution is -0.124. The third kappa shape index (κ3) is 3.32. The fourth-order valence-electron chi connectivity index (χ4n) is 3.60. The molecule has 0 radical (unpaired) electrons. The van der Waals surface area contributed by atoms with Gasteiger partial charge >= 0.3 is 0 Å². The van der Waals surface area contributed by atoms with Crippen molar-refractivity contribution in [3.63, 3.8) is 0 Å². The van der Waals surface area contributed by atoms with Crippen LogP contribution in [0.1, 0.15) is 44.9 Å². The van der Waals surface area contributed by atoms with Gasteiger partial charge in [-0.2, -0.15) is 0 Å². The third-order valence-electron chi connectivity index (χ3n) is 4.84. The van der Waals surface area contributed by atoms with Gasteiger partial charge < -0.3 is 5.32 Å². The molecule has 1 aromatic carbocycles. The molecular formula is C18H24N2O2. The Labute approximate surface area is 131 Å². The van der Waals surface area contributed by atoms with Crippen molar-refractivity contribution in [3.05, 3.63) is 30.3 Å². The lowest BCUT2D eigenvalue weighted by Gasteiger charge is -2.26. The summed E-state index contributed by atoms with van der Waals surface area (Å²) in [5, 5.41) is 3.08. The van der Waals surface area contributed by atoms with E-state index < -0.39 is 0 Å². The minimum atomic E-state index is -0.349. The van der Waals surface area contributed by atoms with Gasteiger partial charge in [0.2, 0.25) is 11.8 Å². The lowest BCUT2D eigenvalue weighted by atomic mass is 9.89. The van der Waals surface area contributed by atoms with Crippen LogP contribution in [0.5, 0.6) is 0 Å². The Hall–Kier alpha value is -1.84. The summed E-state index contributed by atoms with van der Waals surface area (Å²) in [6.45, 7) is 0.756. The van der Waals surface area contributed by atoms with Gasteiger partial charge in [-0.15, -0.1) is 0 Å². The average molecular weight is 300 g/mol. The van der Waals surface area contributed by atoms with Crippen LogP contribution in [0.15, 0.2) is 30.3 Å². The summed E-state index contributed by atoms with van der Waals surface area (Å²) in [6, 6.07) is 9.16. The highest BCUT2D eigenvalue weighted by atomic mass is 16.2. The first-order valence-electron chi connectivity index (χ1n) is 8.40. The van der Waals surface area contributed by atoms with E-state index in [0.29, 0.717) is 18.8 Å². The number of amides is 2. The normalized spacial score (nSPS) is 22.8. The van der Waals surface area contributed by atoms with Crippen molar-refractivity contribution < 1.29 is 9.59 Å². The summed E-state index contributed by atoms with van der Waals surface area (Å²) in [6.07, 6.45) is 7.37. The van der Waals surface area contributed by atoms with Gasteiger partial charge in [0, 0.05) is 18.7 Å². The van der Waals surface area contributed by atoms with Gasteiger partial charge in [-0.3, -0.25) is 14.5 Å². The van der Waals surface area contributed by atoms with Gasteiger partial charge in [0.25, 0.3) is 0 Å². The van der Waals surface area contributed by atoms with Crippen LogP contribution in [0.4, 0.5) is 5.69 Å². The number of rotatable bonds is 4. The summed E-state index contributed by atoms with van der Waals surface area (Å²) in [4.78, 5) is 26.3. The second-order valence-corrected chi connectivity index (χ2v) is 6.40. The first-order valence-corrected chi connectivity index (χ1v) is 8.40. The topological polar surface area (TPSA) is 49.4 Å². The second-order valence-electron chi connectivity index (χ2n) is 6.40. The Bertz CT molecular complexity index is 523. The molecule has 1 N–H and O–H groups in total. The molecule has 0 spiro atoms. The van der Waals surface area contributed by atoms with E-state index in [1.807, 2.05) is 30.3 Å². The largest absolute Gasteiger partial charge is 0.354 e. The van der Waals surface area contributed by atoms with Gasteiger partial charge in [-0.05, 0) is 37.3 Å². The molecule has 1 heterocycles. The first kappa shape index (κ1) is 15.1. The van der Waals surface area contributed by atoms with E-state index in [1.165, 1.54) is 32.1 Å². The molecule has 118 valence electrons. The number of nitrogens with one attached hydrogen (secondary N) is 1. The fourth-order valence-corrected chi connectivity index (χ4v) is 3.60. The van der Waals surface area contributed by atoms with Gasteiger partial charge in [-0.25, -0.2) is 0 Å². The number of hydrogen-bond acceptors (Lipinski definition) is 2. The van der Waals surface area contributed by atoms with Crippen molar-refractivity contribution >= 4 is 17.5 Å². The van der Waals surface area contributed by atoms with E-state index in [0.717, 1.165) is 12.2 Å². The predicted octanol–water partition coefficient (Wildman–Crippen LogP) is 2.88. The maximum Gasteiger partial charge on any atom is 0.243 e. The number of carbonyl (C=O) groups excluding carboxylic acids is 2. The number of para-hydroxylation sites is 1. The zero-order valence-electron chi connectivity index (χ0n) is 13.0. The average Bonchev–Trinajstić information content (AvgIpc) is 2.96. The zero-order valence-corrected chi connectivity index (χ0v) is 13.0. The molecule has 1 atom stereocenters. The Kier molecular flexibility index (Phi) is 4.76. The van der Waals surface area contributed by atoms with Crippen LogP contribution < -0.4 is 10.2 Å². The molecule has 22 heavy (non-hydrogen) atoms. The van der Waals surface area contributed by atoms with E-state index in [-0.39, 0.29) is 17.9 Å². The molecule has 0 unspecified atom stereocenters. The van der Waals surface area contributed by atoms with E-state index in [9.17, 15) is 9.59 Å². The number of hydrogen-bond donors (Lipinski definition) is 1. The van der Waals surface area contributed by atoms with Gasteiger partial charge in [0.05, 0.1) is 0 Å². The Balaban J connectivity index is 1.62. The molecule has 1 aliphatic carbocycles. The number of benzene rings is 1. The molecule has 3 rings (SSSR count). The van der Waals surface area contributed by atoms with Crippen LogP contribution in [0.2, 0.25) is 0 Å². The van der Waals surface area contributed by atoms with Gasteiger partial charge in [0.1, 0.15) is 6.04 Å². The SMILES string of the molecule is O=C(NCC1CCCCC1)[C@@H]1CCC(=O)N1c1ccccc1. The number of anilines is 1. The molecule has 2 amide bonds. The molecule has 4 nitrogen and oxygen atoms in total. The fraction of sp³-hybridized carbons (Fsp3) is 0.556. The van der Waals surface area contributed by atoms with Crippen molar-refractivity contribution in [2.45, 2.75) is 51.0 Å².